The van der Waals surface area contributed by atoms with Crippen LogP contribution in [0.2, 0.25) is 0 Å². The van der Waals surface area contributed by atoms with Crippen molar-refractivity contribution in [2.75, 3.05) is 0 Å². The molecule has 0 unspecified atom stereocenters. The van der Waals surface area contributed by atoms with Crippen LogP contribution in [-0.2, 0) is 12.8 Å². The Morgan fingerprint density at radius 2 is 2.31 bits per heavy atom. The highest BCUT2D eigenvalue weighted by Gasteiger charge is 2.03. The number of thioether (sulfide) groups is 1. The van der Waals surface area contributed by atoms with Gasteiger partial charge in [0.15, 0.2) is 5.16 Å². The summed E-state index contributed by atoms with van der Waals surface area (Å²) in [7, 11) is 1.95. The SMILES string of the molecule is Cn1ccnc1SCc1ccc(F)c(Br)c1. The highest BCUT2D eigenvalue weighted by molar-refractivity contribution is 9.10. The Balaban J connectivity index is 2.05. The lowest BCUT2D eigenvalue weighted by Crippen LogP contribution is -1.90. The van der Waals surface area contributed by atoms with Gasteiger partial charge < -0.3 is 4.57 Å². The smallest absolute Gasteiger partial charge is 0.167 e. The molecule has 0 spiro atoms. The second-order valence-corrected chi connectivity index (χ2v) is 5.15. The van der Waals surface area contributed by atoms with Gasteiger partial charge in [0.1, 0.15) is 5.82 Å². The Bertz CT molecular complexity index is 498. The van der Waals surface area contributed by atoms with E-state index in [1.54, 1.807) is 30.1 Å². The van der Waals surface area contributed by atoms with Crippen LogP contribution in [0.15, 0.2) is 40.2 Å². The molecule has 2 aromatic rings. The number of aromatic nitrogens is 2. The van der Waals surface area contributed by atoms with E-state index in [1.807, 2.05) is 17.8 Å². The van der Waals surface area contributed by atoms with Gasteiger partial charge in [-0.15, -0.1) is 0 Å². The van der Waals surface area contributed by atoms with Crippen molar-refractivity contribution in [3.8, 4) is 0 Å². The average molecular weight is 301 g/mol. The summed E-state index contributed by atoms with van der Waals surface area (Å²) < 4.78 is 15.5. The summed E-state index contributed by atoms with van der Waals surface area (Å²) in [5, 5.41) is 0.959. The molecule has 0 aliphatic carbocycles. The maximum Gasteiger partial charge on any atom is 0.167 e. The monoisotopic (exact) mass is 300 g/mol. The average Bonchev–Trinajstić information content (AvgIpc) is 2.66. The quantitative estimate of drug-likeness (QED) is 0.806. The fourth-order valence-corrected chi connectivity index (χ4v) is 2.57. The molecule has 0 atom stereocenters. The second-order valence-electron chi connectivity index (χ2n) is 3.36. The van der Waals surface area contributed by atoms with E-state index in [0.29, 0.717) is 4.47 Å². The summed E-state index contributed by atoms with van der Waals surface area (Å²) in [4.78, 5) is 4.21. The van der Waals surface area contributed by atoms with Crippen molar-refractivity contribution < 1.29 is 4.39 Å². The number of hydrogen-bond donors (Lipinski definition) is 0. The molecule has 0 aliphatic rings. The van der Waals surface area contributed by atoms with Gasteiger partial charge in [-0.1, -0.05) is 17.8 Å². The summed E-state index contributed by atoms with van der Waals surface area (Å²) in [5.41, 5.74) is 1.07. The number of nitrogens with zero attached hydrogens (tertiary/aromatic N) is 2. The third kappa shape index (κ3) is 2.65. The third-order valence-electron chi connectivity index (χ3n) is 2.13. The van der Waals surface area contributed by atoms with Crippen LogP contribution >= 0.6 is 27.7 Å². The van der Waals surface area contributed by atoms with Gasteiger partial charge in [-0.3, -0.25) is 0 Å². The molecule has 16 heavy (non-hydrogen) atoms. The van der Waals surface area contributed by atoms with E-state index < -0.39 is 0 Å². The van der Waals surface area contributed by atoms with Crippen molar-refractivity contribution in [3.63, 3.8) is 0 Å². The number of aryl methyl sites for hydroxylation is 1. The van der Waals surface area contributed by atoms with Gasteiger partial charge in [0.25, 0.3) is 0 Å². The summed E-state index contributed by atoms with van der Waals surface area (Å²) in [6.45, 7) is 0. The van der Waals surface area contributed by atoms with E-state index in [9.17, 15) is 4.39 Å². The molecule has 1 heterocycles. The Kier molecular flexibility index (Phi) is 3.66. The number of rotatable bonds is 3. The summed E-state index contributed by atoms with van der Waals surface area (Å²) in [6, 6.07) is 5.06. The fraction of sp³-hybridized carbons (Fsp3) is 0.182. The predicted molar refractivity (Wildman–Crippen MR) is 66.9 cm³/mol. The lowest BCUT2D eigenvalue weighted by atomic mass is 10.2. The molecule has 0 saturated carbocycles. The van der Waals surface area contributed by atoms with E-state index in [4.69, 9.17) is 0 Å². The first-order valence-electron chi connectivity index (χ1n) is 4.71. The van der Waals surface area contributed by atoms with Gasteiger partial charge in [-0.25, -0.2) is 9.37 Å². The molecular formula is C11H10BrFN2S. The van der Waals surface area contributed by atoms with E-state index in [1.165, 1.54) is 6.07 Å². The van der Waals surface area contributed by atoms with Crippen LogP contribution in [0.1, 0.15) is 5.56 Å². The number of benzene rings is 1. The van der Waals surface area contributed by atoms with Gasteiger partial charge in [0.2, 0.25) is 0 Å². The molecule has 1 aromatic carbocycles. The van der Waals surface area contributed by atoms with Crippen LogP contribution < -0.4 is 0 Å². The van der Waals surface area contributed by atoms with Crippen molar-refractivity contribution in [2.45, 2.75) is 10.9 Å². The molecule has 0 N–H and O–H groups in total. The van der Waals surface area contributed by atoms with Crippen LogP contribution in [0, 0.1) is 5.82 Å². The first-order valence-corrected chi connectivity index (χ1v) is 6.49. The first kappa shape index (κ1) is 11.7. The van der Waals surface area contributed by atoms with E-state index in [-0.39, 0.29) is 5.82 Å². The molecule has 0 saturated heterocycles. The van der Waals surface area contributed by atoms with Crippen LogP contribution in [0.3, 0.4) is 0 Å². The van der Waals surface area contributed by atoms with Crippen LogP contribution in [0.5, 0.6) is 0 Å². The number of halogens is 2. The van der Waals surface area contributed by atoms with Crippen LogP contribution in [0.25, 0.3) is 0 Å². The van der Waals surface area contributed by atoms with Crippen molar-refractivity contribution in [1.29, 1.82) is 0 Å². The maximum absolute atomic E-state index is 13.0. The van der Waals surface area contributed by atoms with Gasteiger partial charge in [-0.05, 0) is 33.6 Å². The third-order valence-corrected chi connectivity index (χ3v) is 3.87. The zero-order valence-corrected chi connectivity index (χ0v) is 11.1. The molecule has 2 rings (SSSR count). The van der Waals surface area contributed by atoms with Crippen molar-refractivity contribution in [3.05, 3.63) is 46.4 Å². The van der Waals surface area contributed by atoms with E-state index in [0.717, 1.165) is 16.5 Å². The molecule has 1 aromatic heterocycles. The van der Waals surface area contributed by atoms with Gasteiger partial charge in [0.05, 0.1) is 4.47 Å². The van der Waals surface area contributed by atoms with E-state index in [2.05, 4.69) is 20.9 Å². The Morgan fingerprint density at radius 3 is 2.94 bits per heavy atom. The van der Waals surface area contributed by atoms with E-state index >= 15 is 0 Å². The molecule has 2 nitrogen and oxygen atoms in total. The number of hydrogen-bond acceptors (Lipinski definition) is 2. The van der Waals surface area contributed by atoms with Crippen LogP contribution in [0.4, 0.5) is 4.39 Å². The molecule has 0 bridgehead atoms. The van der Waals surface area contributed by atoms with Gasteiger partial charge in [0, 0.05) is 25.2 Å². The van der Waals surface area contributed by atoms with Crippen molar-refractivity contribution in [2.24, 2.45) is 7.05 Å². The molecular weight excluding hydrogens is 291 g/mol. The summed E-state index contributed by atoms with van der Waals surface area (Å²) in [5.74, 6) is 0.551. The lowest BCUT2D eigenvalue weighted by Gasteiger charge is -2.03. The predicted octanol–water partition coefficient (Wildman–Crippen LogP) is 3.61. The largest absolute Gasteiger partial charge is 0.329 e. The van der Waals surface area contributed by atoms with Gasteiger partial charge in [-0.2, -0.15) is 0 Å². The first-order chi connectivity index (χ1) is 7.66. The van der Waals surface area contributed by atoms with Crippen molar-refractivity contribution in [1.82, 2.24) is 9.55 Å². The molecule has 0 fully saturated rings. The van der Waals surface area contributed by atoms with Gasteiger partial charge >= 0.3 is 0 Å². The summed E-state index contributed by atoms with van der Waals surface area (Å²) in [6.07, 6.45) is 3.67. The molecule has 0 amide bonds. The molecule has 0 aliphatic heterocycles. The zero-order chi connectivity index (χ0) is 11.5. The highest BCUT2D eigenvalue weighted by Crippen LogP contribution is 2.23. The topological polar surface area (TPSA) is 17.8 Å². The molecule has 84 valence electrons. The molecule has 5 heteroatoms. The summed E-state index contributed by atoms with van der Waals surface area (Å²) >= 11 is 4.80. The Morgan fingerprint density at radius 1 is 1.50 bits per heavy atom. The van der Waals surface area contributed by atoms with Crippen molar-refractivity contribution >= 4 is 27.7 Å². The lowest BCUT2D eigenvalue weighted by molar-refractivity contribution is 0.620. The highest BCUT2D eigenvalue weighted by atomic mass is 79.9. The second kappa shape index (κ2) is 5.01. The minimum Gasteiger partial charge on any atom is -0.329 e. The van der Waals surface area contributed by atoms with Crippen LogP contribution in [-0.4, -0.2) is 9.55 Å². The Labute approximate surface area is 106 Å². The normalized spacial score (nSPS) is 10.7. The zero-order valence-electron chi connectivity index (χ0n) is 8.65. The number of imidazole rings is 1. The maximum atomic E-state index is 13.0. The standard InChI is InChI=1S/C11H10BrFN2S/c1-15-5-4-14-11(15)16-7-8-2-3-10(13)9(12)6-8/h2-6H,7H2,1H3. The molecule has 0 radical (unpaired) electrons. The minimum absolute atomic E-state index is 0.231. The Hall–Kier alpha value is -0.810. The minimum atomic E-state index is -0.231. The fourth-order valence-electron chi connectivity index (χ4n) is 1.27.